The van der Waals surface area contributed by atoms with Crippen molar-refractivity contribution in [2.75, 3.05) is 13.7 Å². The van der Waals surface area contributed by atoms with E-state index in [0.29, 0.717) is 17.4 Å². The Kier molecular flexibility index (Phi) is 4.50. The molecule has 4 heteroatoms. The third-order valence-corrected chi connectivity index (χ3v) is 4.28. The van der Waals surface area contributed by atoms with Crippen LogP contribution < -0.4 is 4.74 Å². The zero-order chi connectivity index (χ0) is 14.0. The van der Waals surface area contributed by atoms with Crippen LogP contribution in [0.2, 0.25) is 0 Å². The number of carbonyl (C=O) groups excluding carboxylic acids is 1. The zero-order valence-corrected chi connectivity index (χ0v) is 13.3. The number of hydrogen-bond acceptors (Lipinski definition) is 2. The molecule has 1 unspecified atom stereocenters. The van der Waals surface area contributed by atoms with Gasteiger partial charge in [0.25, 0.3) is 5.91 Å². The summed E-state index contributed by atoms with van der Waals surface area (Å²) < 4.78 is 6.22. The first-order chi connectivity index (χ1) is 9.04. The van der Waals surface area contributed by atoms with E-state index in [-0.39, 0.29) is 5.91 Å². The van der Waals surface area contributed by atoms with Crippen molar-refractivity contribution in [1.29, 1.82) is 0 Å². The van der Waals surface area contributed by atoms with Gasteiger partial charge in [-0.1, -0.05) is 0 Å². The van der Waals surface area contributed by atoms with Crippen LogP contribution in [-0.4, -0.2) is 30.5 Å². The minimum absolute atomic E-state index is 0.0773. The number of rotatable bonds is 2. The fraction of sp³-hybridized carbons (Fsp3) is 0.533. The summed E-state index contributed by atoms with van der Waals surface area (Å²) in [7, 11) is 1.60. The Morgan fingerprint density at radius 3 is 2.79 bits per heavy atom. The molecule has 1 aliphatic heterocycles. The molecular weight excluding hydrogens is 306 g/mol. The number of nitrogens with zero attached hydrogens (tertiary/aromatic N) is 1. The van der Waals surface area contributed by atoms with E-state index in [0.717, 1.165) is 29.4 Å². The highest BCUT2D eigenvalue weighted by molar-refractivity contribution is 9.10. The number of likely N-dealkylation sites (tertiary alicyclic amines) is 1. The number of benzene rings is 1. The predicted octanol–water partition coefficient (Wildman–Crippen LogP) is 3.78. The fourth-order valence-corrected chi connectivity index (χ4v) is 3.39. The zero-order valence-electron chi connectivity index (χ0n) is 11.7. The van der Waals surface area contributed by atoms with Gasteiger partial charge in [-0.15, -0.1) is 0 Å². The van der Waals surface area contributed by atoms with Crippen LogP contribution in [0, 0.1) is 6.92 Å². The molecule has 19 heavy (non-hydrogen) atoms. The number of aryl methyl sites for hydroxylation is 1. The van der Waals surface area contributed by atoms with Crippen LogP contribution in [-0.2, 0) is 0 Å². The molecule has 1 saturated heterocycles. The summed E-state index contributed by atoms with van der Waals surface area (Å²) in [5.41, 5.74) is 1.71. The summed E-state index contributed by atoms with van der Waals surface area (Å²) in [6.07, 6.45) is 3.38. The van der Waals surface area contributed by atoms with Gasteiger partial charge < -0.3 is 9.64 Å². The lowest BCUT2D eigenvalue weighted by molar-refractivity contribution is 0.0632. The van der Waals surface area contributed by atoms with Crippen LogP contribution in [0.4, 0.5) is 0 Å². The molecule has 1 aromatic rings. The number of amides is 1. The van der Waals surface area contributed by atoms with Gasteiger partial charge in [0.15, 0.2) is 0 Å². The lowest BCUT2D eigenvalue weighted by Gasteiger charge is -2.34. The average Bonchev–Trinajstić information content (AvgIpc) is 2.37. The van der Waals surface area contributed by atoms with Gasteiger partial charge in [-0.3, -0.25) is 4.79 Å². The molecule has 104 valence electrons. The number of ether oxygens (including phenoxy) is 1. The van der Waals surface area contributed by atoms with Gasteiger partial charge in [0.1, 0.15) is 5.75 Å². The highest BCUT2D eigenvalue weighted by Crippen LogP contribution is 2.32. The van der Waals surface area contributed by atoms with E-state index in [4.69, 9.17) is 4.74 Å². The fourth-order valence-electron chi connectivity index (χ4n) is 2.65. The molecule has 0 N–H and O–H groups in total. The quantitative estimate of drug-likeness (QED) is 0.828. The minimum atomic E-state index is 0.0773. The highest BCUT2D eigenvalue weighted by atomic mass is 79.9. The number of halogens is 1. The molecule has 0 saturated carbocycles. The monoisotopic (exact) mass is 325 g/mol. The van der Waals surface area contributed by atoms with Crippen LogP contribution >= 0.6 is 15.9 Å². The lowest BCUT2D eigenvalue weighted by Crippen LogP contribution is -2.42. The number of hydrogen-bond donors (Lipinski definition) is 0. The molecule has 1 fully saturated rings. The van der Waals surface area contributed by atoms with Gasteiger partial charge in [-0.2, -0.15) is 0 Å². The van der Waals surface area contributed by atoms with E-state index < -0.39 is 0 Å². The van der Waals surface area contributed by atoms with Crippen molar-refractivity contribution in [3.63, 3.8) is 0 Å². The molecule has 0 spiro atoms. The first kappa shape index (κ1) is 14.4. The SMILES string of the molecule is COc1c(Br)cc(C)cc1C(=O)N1CCCCC1C. The summed E-state index contributed by atoms with van der Waals surface area (Å²) in [6.45, 7) is 4.95. The van der Waals surface area contributed by atoms with Crippen LogP contribution in [0.15, 0.2) is 16.6 Å². The summed E-state index contributed by atoms with van der Waals surface area (Å²) >= 11 is 3.47. The number of methoxy groups -OCH3 is 1. The molecule has 1 heterocycles. The van der Waals surface area contributed by atoms with Gasteiger partial charge in [0, 0.05) is 12.6 Å². The molecule has 1 aliphatic rings. The molecule has 0 bridgehead atoms. The highest BCUT2D eigenvalue weighted by Gasteiger charge is 2.27. The second-order valence-electron chi connectivity index (χ2n) is 5.17. The summed E-state index contributed by atoms with van der Waals surface area (Å²) in [4.78, 5) is 14.7. The number of piperidine rings is 1. The maximum atomic E-state index is 12.7. The molecule has 1 amide bonds. The largest absolute Gasteiger partial charge is 0.495 e. The van der Waals surface area contributed by atoms with E-state index >= 15 is 0 Å². The molecule has 1 aromatic carbocycles. The maximum Gasteiger partial charge on any atom is 0.257 e. The van der Waals surface area contributed by atoms with E-state index in [9.17, 15) is 4.79 Å². The van der Waals surface area contributed by atoms with Crippen molar-refractivity contribution in [3.8, 4) is 5.75 Å². The van der Waals surface area contributed by atoms with E-state index in [1.165, 1.54) is 6.42 Å². The Morgan fingerprint density at radius 2 is 2.16 bits per heavy atom. The standard InChI is InChI=1S/C15H20BrNO2/c1-10-8-12(14(19-3)13(16)9-10)15(18)17-7-5-4-6-11(17)2/h8-9,11H,4-7H2,1-3H3. The van der Waals surface area contributed by atoms with Gasteiger partial charge in [-0.05, 0) is 66.7 Å². The van der Waals surface area contributed by atoms with Gasteiger partial charge in [-0.25, -0.2) is 0 Å². The van der Waals surface area contributed by atoms with Gasteiger partial charge in [0.05, 0.1) is 17.1 Å². The van der Waals surface area contributed by atoms with Crippen molar-refractivity contribution in [2.24, 2.45) is 0 Å². The van der Waals surface area contributed by atoms with Crippen LogP contribution in [0.1, 0.15) is 42.1 Å². The average molecular weight is 326 g/mol. The van der Waals surface area contributed by atoms with Crippen molar-refractivity contribution in [2.45, 2.75) is 39.2 Å². The van der Waals surface area contributed by atoms with Crippen molar-refractivity contribution in [3.05, 3.63) is 27.7 Å². The Labute approximate surface area is 123 Å². The smallest absolute Gasteiger partial charge is 0.257 e. The first-order valence-corrected chi connectivity index (χ1v) is 7.49. The van der Waals surface area contributed by atoms with Crippen molar-refractivity contribution >= 4 is 21.8 Å². The molecule has 1 atom stereocenters. The third kappa shape index (κ3) is 2.94. The van der Waals surface area contributed by atoms with Gasteiger partial charge >= 0.3 is 0 Å². The summed E-state index contributed by atoms with van der Waals surface area (Å²) in [6, 6.07) is 4.19. The predicted molar refractivity (Wildman–Crippen MR) is 79.8 cm³/mol. The topological polar surface area (TPSA) is 29.5 Å². The first-order valence-electron chi connectivity index (χ1n) is 6.69. The van der Waals surface area contributed by atoms with Crippen molar-refractivity contribution in [1.82, 2.24) is 4.90 Å². The molecule has 0 aromatic heterocycles. The normalized spacial score (nSPS) is 19.4. The third-order valence-electron chi connectivity index (χ3n) is 3.69. The molecule has 0 aliphatic carbocycles. The Balaban J connectivity index is 2.37. The Hall–Kier alpha value is -1.03. The second-order valence-corrected chi connectivity index (χ2v) is 6.03. The molecule has 2 rings (SSSR count). The minimum Gasteiger partial charge on any atom is -0.495 e. The lowest BCUT2D eigenvalue weighted by atomic mass is 10.0. The summed E-state index contributed by atoms with van der Waals surface area (Å²) in [5.74, 6) is 0.710. The van der Waals surface area contributed by atoms with E-state index in [1.807, 2.05) is 24.0 Å². The molecule has 3 nitrogen and oxygen atoms in total. The van der Waals surface area contributed by atoms with E-state index in [1.54, 1.807) is 7.11 Å². The van der Waals surface area contributed by atoms with Crippen LogP contribution in [0.5, 0.6) is 5.75 Å². The molecule has 0 radical (unpaired) electrons. The van der Waals surface area contributed by atoms with Crippen LogP contribution in [0.3, 0.4) is 0 Å². The van der Waals surface area contributed by atoms with Crippen molar-refractivity contribution < 1.29 is 9.53 Å². The maximum absolute atomic E-state index is 12.7. The van der Waals surface area contributed by atoms with E-state index in [2.05, 4.69) is 22.9 Å². The Morgan fingerprint density at radius 1 is 1.42 bits per heavy atom. The second kappa shape index (κ2) is 5.95. The van der Waals surface area contributed by atoms with Crippen LogP contribution in [0.25, 0.3) is 0 Å². The Bertz CT molecular complexity index is 487. The molecular formula is C15H20BrNO2. The summed E-state index contributed by atoms with van der Waals surface area (Å²) in [5, 5.41) is 0. The van der Waals surface area contributed by atoms with Gasteiger partial charge in [0.2, 0.25) is 0 Å². The number of carbonyl (C=O) groups is 1.